The van der Waals surface area contributed by atoms with Crippen molar-refractivity contribution in [1.82, 2.24) is 5.06 Å². The van der Waals surface area contributed by atoms with Crippen molar-refractivity contribution in [2.45, 2.75) is 38.5 Å². The van der Waals surface area contributed by atoms with Gasteiger partial charge < -0.3 is 14.2 Å². The van der Waals surface area contributed by atoms with Gasteiger partial charge in [-0.1, -0.05) is 6.92 Å². The SMILES string of the molecule is CCCC(=O)N(O)C1COC(C)(C(=O)OC)OC1. The molecule has 1 saturated heterocycles. The molecule has 0 atom stereocenters. The molecule has 7 heteroatoms. The molecule has 0 saturated carbocycles. The molecule has 7 nitrogen and oxygen atoms in total. The van der Waals surface area contributed by atoms with E-state index in [2.05, 4.69) is 4.74 Å². The van der Waals surface area contributed by atoms with Crippen LogP contribution < -0.4 is 0 Å². The van der Waals surface area contributed by atoms with Gasteiger partial charge in [-0.25, -0.2) is 9.86 Å². The third-order valence-electron chi connectivity index (χ3n) is 2.72. The monoisotopic (exact) mass is 261 g/mol. The number of methoxy groups -OCH3 is 1. The Balaban J connectivity index is 2.53. The topological polar surface area (TPSA) is 85.3 Å². The zero-order valence-corrected chi connectivity index (χ0v) is 10.8. The lowest BCUT2D eigenvalue weighted by atomic mass is 10.2. The molecule has 0 bridgehead atoms. The lowest BCUT2D eigenvalue weighted by Gasteiger charge is -2.37. The molecule has 1 rings (SSSR count). The first-order valence-corrected chi connectivity index (χ1v) is 5.82. The number of carbonyl (C=O) groups excluding carboxylic acids is 2. The summed E-state index contributed by atoms with van der Waals surface area (Å²) in [4.78, 5) is 22.9. The summed E-state index contributed by atoms with van der Waals surface area (Å²) in [5.41, 5.74) is 0. The quantitative estimate of drug-likeness (QED) is 0.445. The summed E-state index contributed by atoms with van der Waals surface area (Å²) >= 11 is 0. The van der Waals surface area contributed by atoms with Gasteiger partial charge in [0.1, 0.15) is 6.04 Å². The molecule has 0 aromatic heterocycles. The first-order valence-electron chi connectivity index (χ1n) is 5.82. The minimum Gasteiger partial charge on any atom is -0.465 e. The van der Waals surface area contributed by atoms with Crippen LogP contribution in [0.1, 0.15) is 26.7 Å². The van der Waals surface area contributed by atoms with Crippen LogP contribution >= 0.6 is 0 Å². The predicted molar refractivity (Wildman–Crippen MR) is 59.7 cm³/mol. The number of nitrogens with zero attached hydrogens (tertiary/aromatic N) is 1. The van der Waals surface area contributed by atoms with Crippen molar-refractivity contribution in [1.29, 1.82) is 0 Å². The molecule has 18 heavy (non-hydrogen) atoms. The zero-order chi connectivity index (χ0) is 13.8. The average Bonchev–Trinajstić information content (AvgIpc) is 2.38. The molecule has 1 N–H and O–H groups in total. The molecule has 1 aliphatic heterocycles. The molecule has 1 fully saturated rings. The number of esters is 1. The van der Waals surface area contributed by atoms with E-state index in [1.54, 1.807) is 0 Å². The molecule has 0 spiro atoms. The van der Waals surface area contributed by atoms with Crippen molar-refractivity contribution in [2.75, 3.05) is 20.3 Å². The summed E-state index contributed by atoms with van der Waals surface area (Å²) < 4.78 is 15.0. The van der Waals surface area contributed by atoms with Crippen LogP contribution in [0.4, 0.5) is 0 Å². The third-order valence-corrected chi connectivity index (χ3v) is 2.72. The van der Waals surface area contributed by atoms with Crippen LogP contribution in [0.2, 0.25) is 0 Å². The van der Waals surface area contributed by atoms with Gasteiger partial charge in [-0.3, -0.25) is 10.0 Å². The van der Waals surface area contributed by atoms with Gasteiger partial charge in [0, 0.05) is 13.3 Å². The highest BCUT2D eigenvalue weighted by atomic mass is 16.7. The number of hydrogen-bond donors (Lipinski definition) is 1. The van der Waals surface area contributed by atoms with Crippen LogP contribution in [-0.4, -0.2) is 54.3 Å². The minimum absolute atomic E-state index is 0.0115. The van der Waals surface area contributed by atoms with E-state index in [1.165, 1.54) is 14.0 Å². The molecular formula is C11H19NO6. The molecule has 1 amide bonds. The van der Waals surface area contributed by atoms with E-state index in [-0.39, 0.29) is 19.6 Å². The predicted octanol–water partition coefficient (Wildman–Crippen LogP) is 0.309. The first kappa shape index (κ1) is 14.9. The molecule has 0 aliphatic carbocycles. The second kappa shape index (κ2) is 6.12. The van der Waals surface area contributed by atoms with Gasteiger partial charge in [-0.2, -0.15) is 0 Å². The Hall–Kier alpha value is -1.18. The number of carbonyl (C=O) groups is 2. The van der Waals surface area contributed by atoms with Crippen LogP contribution in [0.15, 0.2) is 0 Å². The van der Waals surface area contributed by atoms with Crippen LogP contribution in [0.25, 0.3) is 0 Å². The van der Waals surface area contributed by atoms with Crippen molar-refractivity contribution in [3.05, 3.63) is 0 Å². The Kier molecular flexibility index (Phi) is 5.06. The summed E-state index contributed by atoms with van der Waals surface area (Å²) in [6, 6.07) is -0.609. The lowest BCUT2D eigenvalue weighted by Crippen LogP contribution is -2.55. The van der Waals surface area contributed by atoms with Gasteiger partial charge >= 0.3 is 5.97 Å². The summed E-state index contributed by atoms with van der Waals surface area (Å²) in [6.45, 7) is 3.30. The molecule has 0 aromatic rings. The smallest absolute Gasteiger partial charge is 0.366 e. The maximum atomic E-state index is 11.5. The van der Waals surface area contributed by atoms with Gasteiger partial charge in [-0.15, -0.1) is 0 Å². The fourth-order valence-corrected chi connectivity index (χ4v) is 1.58. The van der Waals surface area contributed by atoms with Gasteiger partial charge in [0.05, 0.1) is 20.3 Å². The summed E-state index contributed by atoms with van der Waals surface area (Å²) in [6.07, 6.45) is 0.894. The number of rotatable bonds is 4. The second-order valence-corrected chi connectivity index (χ2v) is 4.20. The molecule has 0 aromatic carbocycles. The Morgan fingerprint density at radius 1 is 1.44 bits per heavy atom. The Morgan fingerprint density at radius 2 is 2.00 bits per heavy atom. The van der Waals surface area contributed by atoms with Crippen molar-refractivity contribution in [3.63, 3.8) is 0 Å². The van der Waals surface area contributed by atoms with E-state index in [0.717, 1.165) is 0 Å². The van der Waals surface area contributed by atoms with Gasteiger partial charge in [0.25, 0.3) is 5.79 Å². The van der Waals surface area contributed by atoms with Gasteiger partial charge in [0.2, 0.25) is 5.91 Å². The molecular weight excluding hydrogens is 242 g/mol. The van der Waals surface area contributed by atoms with E-state index in [1.807, 2.05) is 6.92 Å². The number of amides is 1. The summed E-state index contributed by atoms with van der Waals surface area (Å²) in [5, 5.41) is 10.3. The van der Waals surface area contributed by atoms with Crippen LogP contribution in [-0.2, 0) is 23.8 Å². The molecule has 1 aliphatic rings. The maximum absolute atomic E-state index is 11.5. The molecule has 104 valence electrons. The highest BCUT2D eigenvalue weighted by Crippen LogP contribution is 2.22. The van der Waals surface area contributed by atoms with E-state index in [9.17, 15) is 14.8 Å². The normalized spacial score (nSPS) is 27.7. The second-order valence-electron chi connectivity index (χ2n) is 4.20. The summed E-state index contributed by atoms with van der Waals surface area (Å²) in [7, 11) is 1.23. The van der Waals surface area contributed by atoms with Crippen molar-refractivity contribution < 1.29 is 29.0 Å². The first-order chi connectivity index (χ1) is 8.44. The lowest BCUT2D eigenvalue weighted by molar-refractivity contribution is -0.289. The van der Waals surface area contributed by atoms with Crippen molar-refractivity contribution in [3.8, 4) is 0 Å². The fraction of sp³-hybridized carbons (Fsp3) is 0.818. The molecule has 0 radical (unpaired) electrons. The maximum Gasteiger partial charge on any atom is 0.366 e. The standard InChI is InChI=1S/C11H19NO6/c1-4-5-9(13)12(15)8-6-17-11(2,18-7-8)10(14)16-3/h8,15H,4-7H2,1-3H3. The van der Waals surface area contributed by atoms with Crippen molar-refractivity contribution in [2.24, 2.45) is 0 Å². The molecule has 1 heterocycles. The Morgan fingerprint density at radius 3 is 2.44 bits per heavy atom. The van der Waals surface area contributed by atoms with E-state index >= 15 is 0 Å². The third kappa shape index (κ3) is 3.18. The molecule has 0 unspecified atom stereocenters. The van der Waals surface area contributed by atoms with Crippen LogP contribution in [0.5, 0.6) is 0 Å². The van der Waals surface area contributed by atoms with Gasteiger partial charge in [-0.05, 0) is 6.42 Å². The zero-order valence-electron chi connectivity index (χ0n) is 10.8. The van der Waals surface area contributed by atoms with E-state index in [0.29, 0.717) is 11.5 Å². The Bertz CT molecular complexity index is 311. The largest absolute Gasteiger partial charge is 0.465 e. The highest BCUT2D eigenvalue weighted by molar-refractivity contribution is 5.77. The minimum atomic E-state index is -1.47. The number of hydrogen-bond acceptors (Lipinski definition) is 6. The fourth-order valence-electron chi connectivity index (χ4n) is 1.58. The Labute approximate surface area is 106 Å². The summed E-state index contributed by atoms with van der Waals surface area (Å²) in [5.74, 6) is -2.51. The number of ether oxygens (including phenoxy) is 3. The van der Waals surface area contributed by atoms with Crippen LogP contribution in [0, 0.1) is 0 Å². The highest BCUT2D eigenvalue weighted by Gasteiger charge is 2.43. The van der Waals surface area contributed by atoms with Gasteiger partial charge in [0.15, 0.2) is 0 Å². The number of hydroxylamine groups is 2. The van der Waals surface area contributed by atoms with E-state index < -0.39 is 23.7 Å². The average molecular weight is 261 g/mol. The van der Waals surface area contributed by atoms with Crippen LogP contribution in [0.3, 0.4) is 0 Å². The van der Waals surface area contributed by atoms with E-state index in [4.69, 9.17) is 9.47 Å². The van der Waals surface area contributed by atoms with Crippen molar-refractivity contribution >= 4 is 11.9 Å².